The van der Waals surface area contributed by atoms with Crippen molar-refractivity contribution in [3.05, 3.63) is 71.8 Å². The summed E-state index contributed by atoms with van der Waals surface area (Å²) in [6, 6.07) is 18.1. The molecule has 0 spiro atoms. The number of nitrogens with one attached hydrogen (secondary N) is 2. The molecule has 0 unspecified atom stereocenters. The van der Waals surface area contributed by atoms with E-state index in [0.29, 0.717) is 33.5 Å². The van der Waals surface area contributed by atoms with E-state index < -0.39 is 11.9 Å². The number of fused-ring (bicyclic) bond motifs is 4. The van der Waals surface area contributed by atoms with Crippen LogP contribution >= 0.6 is 0 Å². The van der Waals surface area contributed by atoms with Crippen molar-refractivity contribution in [1.82, 2.24) is 0 Å². The van der Waals surface area contributed by atoms with E-state index in [9.17, 15) is 19.8 Å². The number of rotatable bonds is 2. The molecule has 0 bridgehead atoms. The fourth-order valence-electron chi connectivity index (χ4n) is 3.87. The first kappa shape index (κ1) is 16.1. The lowest BCUT2D eigenvalue weighted by Gasteiger charge is -2.27. The van der Waals surface area contributed by atoms with E-state index in [1.165, 1.54) is 0 Å². The lowest BCUT2D eigenvalue weighted by atomic mass is 9.95. The van der Waals surface area contributed by atoms with E-state index in [4.69, 9.17) is 0 Å². The first-order valence-corrected chi connectivity index (χ1v) is 8.66. The minimum absolute atomic E-state index is 0.149. The monoisotopic (exact) mass is 370 g/mol. The highest BCUT2D eigenvalue weighted by atomic mass is 16.4. The normalized spacial score (nSPS) is 12.0. The largest absolute Gasteiger partial charge is 0.478 e. The average Bonchev–Trinajstić information content (AvgIpc) is 2.68. The van der Waals surface area contributed by atoms with Gasteiger partial charge in [0, 0.05) is 0 Å². The van der Waals surface area contributed by atoms with Crippen LogP contribution in [0.1, 0.15) is 20.7 Å². The molecule has 28 heavy (non-hydrogen) atoms. The summed E-state index contributed by atoms with van der Waals surface area (Å²) in [5.74, 6) is -2.10. The Bertz CT molecular complexity index is 1220. The number of carboxylic acids is 2. The number of carboxylic acid groups (broad SMARTS) is 2. The minimum atomic E-state index is -1.05. The molecule has 0 fully saturated rings. The summed E-state index contributed by atoms with van der Waals surface area (Å²) in [6.07, 6.45) is 0. The average molecular weight is 370 g/mol. The Morgan fingerprint density at radius 2 is 1.04 bits per heavy atom. The van der Waals surface area contributed by atoms with Crippen LogP contribution in [0.3, 0.4) is 0 Å². The molecule has 1 aliphatic rings. The molecule has 0 aromatic heterocycles. The maximum atomic E-state index is 12.0. The second kappa shape index (κ2) is 5.72. The number of carbonyl (C=O) groups is 2. The van der Waals surface area contributed by atoms with Crippen LogP contribution in [0.25, 0.3) is 21.5 Å². The summed E-state index contributed by atoms with van der Waals surface area (Å²) in [4.78, 5) is 24.0. The molecule has 1 heterocycles. The smallest absolute Gasteiger partial charge is 0.338 e. The highest BCUT2D eigenvalue weighted by Gasteiger charge is 2.27. The van der Waals surface area contributed by atoms with E-state index in [1.807, 2.05) is 36.4 Å². The molecule has 6 nitrogen and oxygen atoms in total. The fraction of sp³-hybridized carbons (Fsp3) is 0. The third-order valence-corrected chi connectivity index (χ3v) is 5.05. The second-order valence-corrected chi connectivity index (χ2v) is 6.65. The highest BCUT2D eigenvalue weighted by Crippen LogP contribution is 2.46. The summed E-state index contributed by atoms with van der Waals surface area (Å²) in [6.45, 7) is 0. The van der Waals surface area contributed by atoms with Crippen LogP contribution in [0.2, 0.25) is 0 Å². The third-order valence-electron chi connectivity index (χ3n) is 5.05. The summed E-state index contributed by atoms with van der Waals surface area (Å²) in [5, 5.41) is 28.8. The highest BCUT2D eigenvalue weighted by molar-refractivity contribution is 6.18. The SMILES string of the molecule is O=C(O)c1c2c(cc3ccccc13)Nc1c(cc3ccccc3c1C(=O)O)N2. The number of anilines is 4. The van der Waals surface area contributed by atoms with Crippen LogP contribution in [0.15, 0.2) is 60.7 Å². The van der Waals surface area contributed by atoms with Crippen LogP contribution < -0.4 is 10.6 Å². The Hall–Kier alpha value is -4.06. The first-order chi connectivity index (χ1) is 13.5. The summed E-state index contributed by atoms with van der Waals surface area (Å²) < 4.78 is 0. The summed E-state index contributed by atoms with van der Waals surface area (Å²) in [7, 11) is 0. The van der Waals surface area contributed by atoms with E-state index in [1.54, 1.807) is 24.3 Å². The summed E-state index contributed by atoms with van der Waals surface area (Å²) >= 11 is 0. The van der Waals surface area contributed by atoms with Crippen LogP contribution in [0.4, 0.5) is 22.7 Å². The molecule has 4 aromatic rings. The quantitative estimate of drug-likeness (QED) is 0.341. The Morgan fingerprint density at radius 1 is 0.643 bits per heavy atom. The minimum Gasteiger partial charge on any atom is -0.478 e. The first-order valence-electron chi connectivity index (χ1n) is 8.66. The van der Waals surface area contributed by atoms with Gasteiger partial charge in [-0.3, -0.25) is 0 Å². The molecule has 0 aliphatic carbocycles. The standard InChI is InChI=1S/C22H14N2O4/c25-21(26)17-13-7-3-1-5-11(13)9-15-19(17)24-16-10-12-6-2-4-8-14(12)18(22(27)28)20(16)23-15/h1-10,23-24H,(H,25,26)(H,27,28). The predicted molar refractivity (Wildman–Crippen MR) is 108 cm³/mol. The number of hydrogen-bond donors (Lipinski definition) is 4. The zero-order valence-electron chi connectivity index (χ0n) is 14.5. The van der Waals surface area contributed by atoms with Gasteiger partial charge in [0.05, 0.1) is 33.9 Å². The van der Waals surface area contributed by atoms with E-state index in [-0.39, 0.29) is 11.1 Å². The van der Waals surface area contributed by atoms with Crippen molar-refractivity contribution in [2.75, 3.05) is 10.6 Å². The van der Waals surface area contributed by atoms with Crippen molar-refractivity contribution in [2.24, 2.45) is 0 Å². The third kappa shape index (κ3) is 2.21. The van der Waals surface area contributed by atoms with Crippen LogP contribution in [0, 0.1) is 0 Å². The summed E-state index contributed by atoms with van der Waals surface area (Å²) in [5.41, 5.74) is 2.20. The molecule has 4 aromatic carbocycles. The molecular formula is C22H14N2O4. The lowest BCUT2D eigenvalue weighted by Crippen LogP contribution is -2.15. The molecule has 0 atom stereocenters. The zero-order valence-corrected chi connectivity index (χ0v) is 14.5. The molecular weight excluding hydrogens is 356 g/mol. The van der Waals surface area contributed by atoms with Gasteiger partial charge in [0.1, 0.15) is 0 Å². The molecule has 0 saturated carbocycles. The molecule has 0 saturated heterocycles. The van der Waals surface area contributed by atoms with E-state index in [2.05, 4.69) is 10.6 Å². The van der Waals surface area contributed by atoms with E-state index in [0.717, 1.165) is 10.8 Å². The van der Waals surface area contributed by atoms with Gasteiger partial charge in [-0.2, -0.15) is 0 Å². The van der Waals surface area contributed by atoms with Gasteiger partial charge < -0.3 is 20.8 Å². The Labute approximate surface area is 159 Å². The predicted octanol–water partition coefficient (Wildman–Crippen LogP) is 5.19. The fourth-order valence-corrected chi connectivity index (χ4v) is 3.87. The van der Waals surface area contributed by atoms with Crippen molar-refractivity contribution in [3.8, 4) is 0 Å². The van der Waals surface area contributed by atoms with Gasteiger partial charge >= 0.3 is 11.9 Å². The topological polar surface area (TPSA) is 98.7 Å². The van der Waals surface area contributed by atoms with Gasteiger partial charge in [-0.25, -0.2) is 9.59 Å². The maximum Gasteiger partial charge on any atom is 0.338 e. The number of benzene rings is 4. The van der Waals surface area contributed by atoms with E-state index >= 15 is 0 Å². The van der Waals surface area contributed by atoms with Crippen molar-refractivity contribution < 1.29 is 19.8 Å². The molecule has 0 amide bonds. The van der Waals surface area contributed by atoms with Gasteiger partial charge in [-0.1, -0.05) is 48.5 Å². The van der Waals surface area contributed by atoms with Crippen molar-refractivity contribution in [3.63, 3.8) is 0 Å². The maximum absolute atomic E-state index is 12.0. The molecule has 5 rings (SSSR count). The van der Waals surface area contributed by atoms with Gasteiger partial charge in [0.15, 0.2) is 0 Å². The van der Waals surface area contributed by atoms with Crippen molar-refractivity contribution in [1.29, 1.82) is 0 Å². The van der Waals surface area contributed by atoms with Crippen LogP contribution in [0.5, 0.6) is 0 Å². The molecule has 0 radical (unpaired) electrons. The van der Waals surface area contributed by atoms with Gasteiger partial charge in [-0.15, -0.1) is 0 Å². The van der Waals surface area contributed by atoms with Crippen molar-refractivity contribution >= 4 is 56.2 Å². The van der Waals surface area contributed by atoms with Gasteiger partial charge in [-0.05, 0) is 33.7 Å². The second-order valence-electron chi connectivity index (χ2n) is 6.65. The van der Waals surface area contributed by atoms with Crippen LogP contribution in [-0.4, -0.2) is 22.2 Å². The Kier molecular flexibility index (Phi) is 3.30. The molecule has 4 N–H and O–H groups in total. The molecule has 1 aliphatic heterocycles. The zero-order chi connectivity index (χ0) is 19.4. The Morgan fingerprint density at radius 3 is 1.43 bits per heavy atom. The number of hydrogen-bond acceptors (Lipinski definition) is 4. The molecule has 136 valence electrons. The van der Waals surface area contributed by atoms with Gasteiger partial charge in [0.2, 0.25) is 0 Å². The van der Waals surface area contributed by atoms with Gasteiger partial charge in [0.25, 0.3) is 0 Å². The van der Waals surface area contributed by atoms with Crippen LogP contribution in [-0.2, 0) is 0 Å². The molecule has 6 heteroatoms. The number of aromatic carboxylic acids is 2. The Balaban J connectivity index is 1.83. The lowest BCUT2D eigenvalue weighted by molar-refractivity contribution is 0.0688. The van der Waals surface area contributed by atoms with Crippen molar-refractivity contribution in [2.45, 2.75) is 0 Å².